The van der Waals surface area contributed by atoms with Crippen LogP contribution >= 0.6 is 0 Å². The number of amides is 1. The van der Waals surface area contributed by atoms with Crippen molar-refractivity contribution in [2.75, 3.05) is 7.11 Å². The summed E-state index contributed by atoms with van der Waals surface area (Å²) in [5.74, 6) is -1.29. The number of esters is 1. The summed E-state index contributed by atoms with van der Waals surface area (Å²) in [4.78, 5) is 27.0. The molecule has 7 heteroatoms. The van der Waals surface area contributed by atoms with Gasteiger partial charge in [0.25, 0.3) is 5.91 Å². The number of rotatable bonds is 3. The van der Waals surface area contributed by atoms with Gasteiger partial charge in [0.05, 0.1) is 12.7 Å². The summed E-state index contributed by atoms with van der Waals surface area (Å²) in [7, 11) is 1.37. The van der Waals surface area contributed by atoms with Gasteiger partial charge in [0.15, 0.2) is 17.5 Å². The van der Waals surface area contributed by atoms with Gasteiger partial charge in [-0.05, 0) is 23.1 Å². The summed E-state index contributed by atoms with van der Waals surface area (Å²) in [5.41, 5.74) is 11.1. The van der Waals surface area contributed by atoms with Crippen LogP contribution in [0.4, 0.5) is 0 Å². The summed E-state index contributed by atoms with van der Waals surface area (Å²) in [6, 6.07) is 3.28. The molecule has 0 fully saturated rings. The zero-order valence-electron chi connectivity index (χ0n) is 13.4. The number of nitrogens with two attached hydrogens (primary N) is 2. The summed E-state index contributed by atoms with van der Waals surface area (Å²) in [6.45, 7) is 7.14. The molecule has 0 bridgehead atoms. The molecular formula is C15H21N3O4. The first kappa shape index (κ1) is 17.5. The van der Waals surface area contributed by atoms with E-state index < -0.39 is 11.9 Å². The monoisotopic (exact) mass is 307 g/mol. The minimum atomic E-state index is -0.670. The molecule has 0 atom stereocenters. The summed E-state index contributed by atoms with van der Waals surface area (Å²) < 4.78 is 10.3. The van der Waals surface area contributed by atoms with Gasteiger partial charge in [-0.3, -0.25) is 9.59 Å². The molecule has 1 amide bonds. The quantitative estimate of drug-likeness (QED) is 0.376. The standard InChI is InChI=1S/C15H21N3O4/c1-8(19)22-11-7-9(15(2,3)4)6-10(12(11)21-5)13(20)18-14(16)17/h6-7H,1-5H3,(H4,16,17,18,20). The van der Waals surface area contributed by atoms with Gasteiger partial charge in [-0.15, -0.1) is 0 Å². The minimum absolute atomic E-state index is 0.109. The highest BCUT2D eigenvalue weighted by molar-refractivity contribution is 6.04. The van der Waals surface area contributed by atoms with Gasteiger partial charge in [0.2, 0.25) is 0 Å². The smallest absolute Gasteiger partial charge is 0.308 e. The number of nitrogens with zero attached hydrogens (tertiary/aromatic N) is 1. The molecule has 0 radical (unpaired) electrons. The fourth-order valence-electron chi connectivity index (χ4n) is 1.81. The van der Waals surface area contributed by atoms with E-state index in [1.807, 2.05) is 20.8 Å². The van der Waals surface area contributed by atoms with Crippen LogP contribution in [0.25, 0.3) is 0 Å². The average Bonchev–Trinajstić information content (AvgIpc) is 2.35. The van der Waals surface area contributed by atoms with E-state index in [9.17, 15) is 9.59 Å². The number of hydrogen-bond acceptors (Lipinski definition) is 4. The highest BCUT2D eigenvalue weighted by atomic mass is 16.6. The Bertz CT molecular complexity index is 626. The number of hydrogen-bond donors (Lipinski definition) is 2. The Morgan fingerprint density at radius 3 is 2.18 bits per heavy atom. The highest BCUT2D eigenvalue weighted by Gasteiger charge is 2.24. The highest BCUT2D eigenvalue weighted by Crippen LogP contribution is 2.37. The van der Waals surface area contributed by atoms with Crippen LogP contribution in [0.5, 0.6) is 11.5 Å². The van der Waals surface area contributed by atoms with Crippen molar-refractivity contribution in [3.05, 3.63) is 23.3 Å². The maximum absolute atomic E-state index is 12.2. The number of carbonyl (C=O) groups is 2. The van der Waals surface area contributed by atoms with E-state index >= 15 is 0 Å². The Morgan fingerprint density at radius 1 is 1.18 bits per heavy atom. The molecular weight excluding hydrogens is 286 g/mol. The van der Waals surface area contributed by atoms with Crippen molar-refractivity contribution < 1.29 is 19.1 Å². The molecule has 0 saturated carbocycles. The van der Waals surface area contributed by atoms with Crippen LogP contribution in [0.3, 0.4) is 0 Å². The molecule has 0 aliphatic heterocycles. The van der Waals surface area contributed by atoms with Crippen LogP contribution in [0.15, 0.2) is 17.1 Å². The van der Waals surface area contributed by atoms with Crippen LogP contribution in [0.2, 0.25) is 0 Å². The molecule has 1 aromatic carbocycles. The molecule has 0 aromatic heterocycles. The van der Waals surface area contributed by atoms with E-state index in [2.05, 4.69) is 4.99 Å². The molecule has 0 aliphatic rings. The maximum Gasteiger partial charge on any atom is 0.308 e. The van der Waals surface area contributed by atoms with Crippen molar-refractivity contribution in [3.63, 3.8) is 0 Å². The fraction of sp³-hybridized carbons (Fsp3) is 0.400. The molecule has 0 heterocycles. The van der Waals surface area contributed by atoms with Gasteiger partial charge < -0.3 is 20.9 Å². The lowest BCUT2D eigenvalue weighted by atomic mass is 9.85. The number of aliphatic imine (C=N–C) groups is 1. The van der Waals surface area contributed by atoms with Crippen LogP contribution in [-0.4, -0.2) is 24.9 Å². The largest absolute Gasteiger partial charge is 0.492 e. The van der Waals surface area contributed by atoms with Crippen molar-refractivity contribution in [2.45, 2.75) is 33.1 Å². The first-order valence-electron chi connectivity index (χ1n) is 6.61. The number of benzene rings is 1. The second kappa shape index (κ2) is 6.46. The predicted octanol–water partition coefficient (Wildman–Crippen LogP) is 1.33. The van der Waals surface area contributed by atoms with Crippen molar-refractivity contribution in [3.8, 4) is 11.5 Å². The Balaban J connectivity index is 3.61. The number of methoxy groups -OCH3 is 1. The third kappa shape index (κ3) is 4.21. The van der Waals surface area contributed by atoms with Gasteiger partial charge in [-0.1, -0.05) is 20.8 Å². The van der Waals surface area contributed by atoms with Crippen LogP contribution in [0.1, 0.15) is 43.6 Å². The zero-order chi connectivity index (χ0) is 17.1. The Hall–Kier alpha value is -2.57. The van der Waals surface area contributed by atoms with Gasteiger partial charge >= 0.3 is 5.97 Å². The van der Waals surface area contributed by atoms with Crippen LogP contribution < -0.4 is 20.9 Å². The summed E-state index contributed by atoms with van der Waals surface area (Å²) in [6.07, 6.45) is 0. The second-order valence-electron chi connectivity index (χ2n) is 5.74. The van der Waals surface area contributed by atoms with E-state index in [-0.39, 0.29) is 28.4 Å². The zero-order valence-corrected chi connectivity index (χ0v) is 13.4. The average molecular weight is 307 g/mol. The maximum atomic E-state index is 12.2. The van der Waals surface area contributed by atoms with Crippen molar-refractivity contribution in [1.29, 1.82) is 0 Å². The Labute approximate surface area is 129 Å². The molecule has 1 rings (SSSR count). The van der Waals surface area contributed by atoms with E-state index in [4.69, 9.17) is 20.9 Å². The first-order valence-corrected chi connectivity index (χ1v) is 6.61. The summed E-state index contributed by atoms with van der Waals surface area (Å²) in [5, 5.41) is 0. The molecule has 4 N–H and O–H groups in total. The topological polar surface area (TPSA) is 117 Å². The summed E-state index contributed by atoms with van der Waals surface area (Å²) >= 11 is 0. The number of ether oxygens (including phenoxy) is 2. The van der Waals surface area contributed by atoms with Crippen molar-refractivity contribution in [2.24, 2.45) is 16.5 Å². The molecule has 7 nitrogen and oxygen atoms in total. The molecule has 0 aliphatic carbocycles. The SMILES string of the molecule is COc1c(OC(C)=O)cc(C(C)(C)C)cc1C(=O)N=C(N)N. The van der Waals surface area contributed by atoms with E-state index in [0.717, 1.165) is 5.56 Å². The molecule has 1 aromatic rings. The minimum Gasteiger partial charge on any atom is -0.492 e. The normalized spacial score (nSPS) is 10.8. The third-order valence-electron chi connectivity index (χ3n) is 2.84. The number of carbonyl (C=O) groups excluding carboxylic acids is 2. The van der Waals surface area contributed by atoms with Gasteiger partial charge in [0, 0.05) is 6.92 Å². The molecule has 0 saturated heterocycles. The lowest BCUT2D eigenvalue weighted by Crippen LogP contribution is -2.24. The molecule has 120 valence electrons. The number of guanidine groups is 1. The Morgan fingerprint density at radius 2 is 1.77 bits per heavy atom. The van der Waals surface area contributed by atoms with Crippen LogP contribution in [0, 0.1) is 0 Å². The van der Waals surface area contributed by atoms with Crippen LogP contribution in [-0.2, 0) is 10.2 Å². The predicted molar refractivity (Wildman–Crippen MR) is 83.1 cm³/mol. The molecule has 0 unspecified atom stereocenters. The van der Waals surface area contributed by atoms with Crippen molar-refractivity contribution in [1.82, 2.24) is 0 Å². The molecule has 22 heavy (non-hydrogen) atoms. The third-order valence-corrected chi connectivity index (χ3v) is 2.84. The van der Waals surface area contributed by atoms with Crippen molar-refractivity contribution >= 4 is 17.8 Å². The molecule has 0 spiro atoms. The second-order valence-corrected chi connectivity index (χ2v) is 5.74. The van der Waals surface area contributed by atoms with E-state index in [1.165, 1.54) is 14.0 Å². The van der Waals surface area contributed by atoms with Gasteiger partial charge in [-0.25, -0.2) is 0 Å². The van der Waals surface area contributed by atoms with Gasteiger partial charge in [0.1, 0.15) is 0 Å². The van der Waals surface area contributed by atoms with E-state index in [1.54, 1.807) is 12.1 Å². The lowest BCUT2D eigenvalue weighted by Gasteiger charge is -2.22. The fourth-order valence-corrected chi connectivity index (χ4v) is 1.81. The Kier molecular flexibility index (Phi) is 5.14. The lowest BCUT2D eigenvalue weighted by molar-refractivity contribution is -0.132. The van der Waals surface area contributed by atoms with Gasteiger partial charge in [-0.2, -0.15) is 4.99 Å². The van der Waals surface area contributed by atoms with E-state index in [0.29, 0.717) is 0 Å². The first-order chi connectivity index (χ1) is 10.1.